The molecular formula is C15H23ClN2O3S. The molecule has 1 atom stereocenters. The number of benzene rings is 1. The molecule has 1 aromatic rings. The van der Waals surface area contributed by atoms with Crippen LogP contribution in [0.2, 0.25) is 5.02 Å². The van der Waals surface area contributed by atoms with Gasteiger partial charge in [0, 0.05) is 25.2 Å². The number of halogens is 1. The van der Waals surface area contributed by atoms with E-state index in [0.717, 1.165) is 12.0 Å². The lowest BCUT2D eigenvalue weighted by atomic mass is 9.98. The lowest BCUT2D eigenvalue weighted by Crippen LogP contribution is -2.51. The highest BCUT2D eigenvalue weighted by Crippen LogP contribution is 2.30. The highest BCUT2D eigenvalue weighted by molar-refractivity contribution is 7.86. The Labute approximate surface area is 137 Å². The minimum absolute atomic E-state index is 0.272. The van der Waals surface area contributed by atoms with Gasteiger partial charge in [-0.05, 0) is 44.4 Å². The Morgan fingerprint density at radius 2 is 1.95 bits per heavy atom. The Morgan fingerprint density at radius 1 is 1.36 bits per heavy atom. The highest BCUT2D eigenvalue weighted by Gasteiger charge is 2.43. The van der Waals surface area contributed by atoms with Gasteiger partial charge in [0.25, 0.3) is 10.2 Å². The molecule has 1 fully saturated rings. The van der Waals surface area contributed by atoms with Crippen molar-refractivity contribution < 1.29 is 13.5 Å². The van der Waals surface area contributed by atoms with Crippen molar-refractivity contribution in [3.05, 3.63) is 34.9 Å². The Morgan fingerprint density at radius 3 is 2.50 bits per heavy atom. The number of aliphatic hydroxyl groups is 1. The van der Waals surface area contributed by atoms with Crippen LogP contribution in [0.5, 0.6) is 0 Å². The van der Waals surface area contributed by atoms with Crippen molar-refractivity contribution in [1.29, 1.82) is 0 Å². The smallest absolute Gasteiger partial charge is 0.282 e. The summed E-state index contributed by atoms with van der Waals surface area (Å²) < 4.78 is 28.3. The minimum Gasteiger partial charge on any atom is -0.389 e. The van der Waals surface area contributed by atoms with E-state index in [-0.39, 0.29) is 12.6 Å². The molecular weight excluding hydrogens is 324 g/mol. The van der Waals surface area contributed by atoms with Crippen molar-refractivity contribution in [2.45, 2.75) is 44.9 Å². The van der Waals surface area contributed by atoms with Crippen LogP contribution in [0.15, 0.2) is 24.3 Å². The molecule has 1 aliphatic heterocycles. The zero-order chi connectivity index (χ0) is 16.5. The van der Waals surface area contributed by atoms with Crippen molar-refractivity contribution in [1.82, 2.24) is 8.61 Å². The lowest BCUT2D eigenvalue weighted by molar-refractivity contribution is 0.0201. The zero-order valence-corrected chi connectivity index (χ0v) is 14.7. The van der Waals surface area contributed by atoms with E-state index in [1.54, 1.807) is 33.0 Å². The predicted molar refractivity (Wildman–Crippen MR) is 87.9 cm³/mol. The van der Waals surface area contributed by atoms with Crippen LogP contribution < -0.4 is 0 Å². The monoisotopic (exact) mass is 346 g/mol. The van der Waals surface area contributed by atoms with Gasteiger partial charge >= 0.3 is 0 Å². The molecule has 0 saturated carbocycles. The van der Waals surface area contributed by atoms with Crippen LogP contribution >= 0.6 is 11.6 Å². The Hall–Kier alpha value is -0.660. The van der Waals surface area contributed by atoms with Crippen LogP contribution in [-0.2, 0) is 16.8 Å². The van der Waals surface area contributed by atoms with E-state index in [0.29, 0.717) is 18.0 Å². The Balaban J connectivity index is 2.16. The molecule has 0 radical (unpaired) electrons. The number of hydrogen-bond acceptors (Lipinski definition) is 3. The van der Waals surface area contributed by atoms with E-state index in [1.807, 2.05) is 12.1 Å². The third-order valence-electron chi connectivity index (χ3n) is 4.03. The molecule has 7 heteroatoms. The predicted octanol–water partition coefficient (Wildman–Crippen LogP) is 2.25. The van der Waals surface area contributed by atoms with E-state index < -0.39 is 15.8 Å². The molecule has 1 N–H and O–H groups in total. The maximum absolute atomic E-state index is 12.8. The van der Waals surface area contributed by atoms with E-state index in [4.69, 9.17) is 11.6 Å². The van der Waals surface area contributed by atoms with Gasteiger partial charge < -0.3 is 5.11 Å². The lowest BCUT2D eigenvalue weighted by Gasteiger charge is -2.35. The first-order valence-electron chi connectivity index (χ1n) is 7.32. The molecule has 5 nitrogen and oxygen atoms in total. The molecule has 1 aromatic carbocycles. The molecule has 124 valence electrons. The first kappa shape index (κ1) is 17.7. The van der Waals surface area contributed by atoms with Crippen LogP contribution in [0, 0.1) is 0 Å². The van der Waals surface area contributed by atoms with Crippen molar-refractivity contribution in [2.24, 2.45) is 0 Å². The van der Waals surface area contributed by atoms with Crippen LogP contribution in [0.1, 0.15) is 32.3 Å². The number of hydrogen-bond donors (Lipinski definition) is 1. The molecule has 1 aliphatic rings. The standard InChI is InChI=1S/C15H23ClN2O3S/c1-15(2,19)14-5-4-10-18(14)22(20,21)17(3)11-12-6-8-13(16)9-7-12/h6-9,14,19H,4-5,10-11H2,1-3H3. The van der Waals surface area contributed by atoms with Crippen LogP contribution in [0.4, 0.5) is 0 Å². The molecule has 0 aliphatic carbocycles. The molecule has 0 aromatic heterocycles. The van der Waals surface area contributed by atoms with Crippen LogP contribution in [-0.4, -0.2) is 47.4 Å². The normalized spacial score (nSPS) is 20.7. The topological polar surface area (TPSA) is 60.9 Å². The average Bonchev–Trinajstić information content (AvgIpc) is 2.91. The molecule has 22 heavy (non-hydrogen) atoms. The molecule has 1 unspecified atom stereocenters. The van der Waals surface area contributed by atoms with Crippen molar-refractivity contribution in [3.8, 4) is 0 Å². The third-order valence-corrected chi connectivity index (χ3v) is 6.23. The summed E-state index contributed by atoms with van der Waals surface area (Å²) in [5, 5.41) is 10.8. The fourth-order valence-corrected chi connectivity index (χ4v) is 4.67. The highest BCUT2D eigenvalue weighted by atomic mass is 35.5. The molecule has 0 bridgehead atoms. The fourth-order valence-electron chi connectivity index (χ4n) is 2.83. The minimum atomic E-state index is -3.61. The molecule has 0 spiro atoms. The second-order valence-corrected chi connectivity index (χ2v) is 8.74. The van der Waals surface area contributed by atoms with Gasteiger partial charge in [0.15, 0.2) is 0 Å². The maximum atomic E-state index is 12.8. The van der Waals surface area contributed by atoms with Crippen LogP contribution in [0.25, 0.3) is 0 Å². The van der Waals surface area contributed by atoms with Gasteiger partial charge in [0.1, 0.15) is 0 Å². The van der Waals surface area contributed by atoms with Crippen molar-refractivity contribution >= 4 is 21.8 Å². The Kier molecular flexibility index (Phi) is 5.19. The van der Waals surface area contributed by atoms with Gasteiger partial charge in [0.05, 0.1) is 11.6 Å². The SMILES string of the molecule is CN(Cc1ccc(Cl)cc1)S(=O)(=O)N1CCCC1C(C)(C)O. The molecule has 0 amide bonds. The van der Waals surface area contributed by atoms with Crippen molar-refractivity contribution in [3.63, 3.8) is 0 Å². The third kappa shape index (κ3) is 3.81. The quantitative estimate of drug-likeness (QED) is 0.889. The number of nitrogens with zero attached hydrogens (tertiary/aromatic N) is 2. The van der Waals surface area contributed by atoms with Gasteiger partial charge in [0.2, 0.25) is 0 Å². The second kappa shape index (κ2) is 6.45. The summed E-state index contributed by atoms with van der Waals surface area (Å²) >= 11 is 5.84. The summed E-state index contributed by atoms with van der Waals surface area (Å²) in [4.78, 5) is 0. The van der Waals surface area contributed by atoms with Gasteiger partial charge in [-0.1, -0.05) is 23.7 Å². The second-order valence-electron chi connectivity index (χ2n) is 6.31. The van der Waals surface area contributed by atoms with E-state index in [2.05, 4.69) is 0 Å². The summed E-state index contributed by atoms with van der Waals surface area (Å²) in [5.41, 5.74) is -0.181. The summed E-state index contributed by atoms with van der Waals surface area (Å²) in [7, 11) is -2.05. The zero-order valence-electron chi connectivity index (χ0n) is 13.2. The summed E-state index contributed by atoms with van der Waals surface area (Å²) in [6.45, 7) is 4.03. The van der Waals surface area contributed by atoms with Crippen LogP contribution in [0.3, 0.4) is 0 Å². The Bertz CT molecular complexity index is 611. The first-order chi connectivity index (χ1) is 10.1. The van der Waals surface area contributed by atoms with Gasteiger partial charge in [-0.25, -0.2) is 0 Å². The molecule has 1 saturated heterocycles. The largest absolute Gasteiger partial charge is 0.389 e. The maximum Gasteiger partial charge on any atom is 0.282 e. The van der Waals surface area contributed by atoms with E-state index in [1.165, 1.54) is 8.61 Å². The van der Waals surface area contributed by atoms with Crippen molar-refractivity contribution in [2.75, 3.05) is 13.6 Å². The van der Waals surface area contributed by atoms with Gasteiger partial charge in [-0.2, -0.15) is 17.0 Å². The molecule has 2 rings (SSSR count). The fraction of sp³-hybridized carbons (Fsp3) is 0.600. The average molecular weight is 347 g/mol. The summed E-state index contributed by atoms with van der Waals surface area (Å²) in [6, 6.07) is 6.72. The van der Waals surface area contributed by atoms with E-state index in [9.17, 15) is 13.5 Å². The molecule has 1 heterocycles. The van der Waals surface area contributed by atoms with Gasteiger partial charge in [-0.15, -0.1) is 0 Å². The van der Waals surface area contributed by atoms with Gasteiger partial charge in [-0.3, -0.25) is 0 Å². The number of rotatable bonds is 5. The summed E-state index contributed by atoms with van der Waals surface area (Å²) in [6.07, 6.45) is 1.44. The summed E-state index contributed by atoms with van der Waals surface area (Å²) in [5.74, 6) is 0. The first-order valence-corrected chi connectivity index (χ1v) is 9.10. The van der Waals surface area contributed by atoms with E-state index >= 15 is 0 Å².